The van der Waals surface area contributed by atoms with Crippen molar-refractivity contribution in [2.45, 2.75) is 46.1 Å². The van der Waals surface area contributed by atoms with Crippen molar-refractivity contribution in [3.63, 3.8) is 0 Å². The molecule has 0 aliphatic carbocycles. The van der Waals surface area contributed by atoms with Crippen LogP contribution in [0.4, 0.5) is 0 Å². The molecular formula is C21H27NO2. The number of hydrogen-bond donors (Lipinski definition) is 1. The number of benzene rings is 2. The molecule has 2 aromatic rings. The Bertz CT molecular complexity index is 652. The molecule has 0 spiro atoms. The summed E-state index contributed by atoms with van der Waals surface area (Å²) in [5.74, 6) is 0.603. The van der Waals surface area contributed by atoms with Crippen molar-refractivity contribution < 1.29 is 9.53 Å². The summed E-state index contributed by atoms with van der Waals surface area (Å²) in [6, 6.07) is 16.2. The fraction of sp³-hybridized carbons (Fsp3) is 0.381. The minimum atomic E-state index is -0.116. The first kappa shape index (κ1) is 18.1. The Morgan fingerprint density at radius 3 is 2.08 bits per heavy atom. The van der Waals surface area contributed by atoms with Crippen LogP contribution >= 0.6 is 0 Å². The van der Waals surface area contributed by atoms with E-state index in [-0.39, 0.29) is 17.9 Å². The SMILES string of the molecule is CCc1ccc(OCC(=O)NCc2ccc(C(C)(C)C)cc2)cc1. The predicted octanol–water partition coefficient (Wildman–Crippen LogP) is 4.24. The van der Waals surface area contributed by atoms with E-state index in [9.17, 15) is 4.79 Å². The van der Waals surface area contributed by atoms with Gasteiger partial charge in [-0.05, 0) is 40.7 Å². The zero-order chi connectivity index (χ0) is 17.6. The Morgan fingerprint density at radius 1 is 0.958 bits per heavy atom. The molecule has 3 heteroatoms. The van der Waals surface area contributed by atoms with Crippen LogP contribution in [0.3, 0.4) is 0 Å². The summed E-state index contributed by atoms with van der Waals surface area (Å²) in [6.07, 6.45) is 0.995. The molecule has 2 rings (SSSR count). The Hall–Kier alpha value is -2.29. The van der Waals surface area contributed by atoms with Gasteiger partial charge in [-0.15, -0.1) is 0 Å². The van der Waals surface area contributed by atoms with Crippen LogP contribution < -0.4 is 10.1 Å². The van der Waals surface area contributed by atoms with Crippen molar-refractivity contribution in [2.75, 3.05) is 6.61 Å². The van der Waals surface area contributed by atoms with Crippen molar-refractivity contribution in [2.24, 2.45) is 0 Å². The van der Waals surface area contributed by atoms with Gasteiger partial charge in [0, 0.05) is 6.54 Å². The van der Waals surface area contributed by atoms with E-state index in [1.807, 2.05) is 24.3 Å². The first-order chi connectivity index (χ1) is 11.4. The molecule has 0 saturated heterocycles. The van der Waals surface area contributed by atoms with E-state index in [1.165, 1.54) is 11.1 Å². The maximum atomic E-state index is 11.9. The second kappa shape index (κ2) is 8.00. The molecule has 1 amide bonds. The van der Waals surface area contributed by atoms with Gasteiger partial charge in [-0.2, -0.15) is 0 Å². The van der Waals surface area contributed by atoms with Gasteiger partial charge in [0.1, 0.15) is 5.75 Å². The van der Waals surface area contributed by atoms with E-state index in [2.05, 4.69) is 57.3 Å². The first-order valence-corrected chi connectivity index (χ1v) is 8.46. The van der Waals surface area contributed by atoms with Gasteiger partial charge in [0.25, 0.3) is 5.91 Å². The quantitative estimate of drug-likeness (QED) is 0.862. The van der Waals surface area contributed by atoms with Gasteiger partial charge in [0.15, 0.2) is 6.61 Å². The van der Waals surface area contributed by atoms with Crippen LogP contribution in [0.1, 0.15) is 44.4 Å². The second-order valence-electron chi connectivity index (χ2n) is 7.01. The monoisotopic (exact) mass is 325 g/mol. The molecule has 0 aromatic heterocycles. The summed E-state index contributed by atoms with van der Waals surface area (Å²) in [5.41, 5.74) is 3.77. The van der Waals surface area contributed by atoms with Crippen LogP contribution in [0, 0.1) is 0 Å². The van der Waals surface area contributed by atoms with Gasteiger partial charge in [-0.25, -0.2) is 0 Å². The highest BCUT2D eigenvalue weighted by molar-refractivity contribution is 5.77. The molecule has 0 aliphatic rings. The third-order valence-corrected chi connectivity index (χ3v) is 4.01. The minimum Gasteiger partial charge on any atom is -0.484 e. The molecule has 0 aliphatic heterocycles. The number of amides is 1. The summed E-state index contributed by atoms with van der Waals surface area (Å²) in [4.78, 5) is 11.9. The first-order valence-electron chi connectivity index (χ1n) is 8.46. The maximum Gasteiger partial charge on any atom is 0.258 e. The summed E-state index contributed by atoms with van der Waals surface area (Å²) in [6.45, 7) is 9.22. The van der Waals surface area contributed by atoms with Gasteiger partial charge >= 0.3 is 0 Å². The molecule has 0 radical (unpaired) electrons. The van der Waals surface area contributed by atoms with E-state index in [1.54, 1.807) is 0 Å². The molecule has 0 atom stereocenters. The summed E-state index contributed by atoms with van der Waals surface area (Å²) < 4.78 is 5.51. The third-order valence-electron chi connectivity index (χ3n) is 4.01. The van der Waals surface area contributed by atoms with Crippen molar-refractivity contribution in [1.29, 1.82) is 0 Å². The van der Waals surface area contributed by atoms with E-state index in [0.717, 1.165) is 17.7 Å². The Balaban J connectivity index is 1.78. The number of nitrogens with one attached hydrogen (secondary N) is 1. The fourth-order valence-electron chi connectivity index (χ4n) is 2.34. The number of aryl methyl sites for hydroxylation is 1. The van der Waals surface area contributed by atoms with E-state index in [0.29, 0.717) is 6.54 Å². The smallest absolute Gasteiger partial charge is 0.258 e. The van der Waals surface area contributed by atoms with Crippen molar-refractivity contribution in [3.05, 3.63) is 65.2 Å². The third kappa shape index (κ3) is 5.41. The lowest BCUT2D eigenvalue weighted by Gasteiger charge is -2.19. The average molecular weight is 325 g/mol. The lowest BCUT2D eigenvalue weighted by Crippen LogP contribution is -2.28. The highest BCUT2D eigenvalue weighted by Crippen LogP contribution is 2.22. The van der Waals surface area contributed by atoms with Crippen LogP contribution in [-0.2, 0) is 23.2 Å². The van der Waals surface area contributed by atoms with E-state index >= 15 is 0 Å². The molecule has 0 heterocycles. The molecule has 0 saturated carbocycles. The predicted molar refractivity (Wildman–Crippen MR) is 98.3 cm³/mol. The number of rotatable bonds is 6. The zero-order valence-electron chi connectivity index (χ0n) is 15.1. The summed E-state index contributed by atoms with van der Waals surface area (Å²) in [7, 11) is 0. The van der Waals surface area contributed by atoms with Crippen molar-refractivity contribution in [3.8, 4) is 5.75 Å². The molecule has 0 unspecified atom stereocenters. The van der Waals surface area contributed by atoms with Gasteiger partial charge < -0.3 is 10.1 Å². The van der Waals surface area contributed by atoms with Crippen LogP contribution in [0.5, 0.6) is 5.75 Å². The fourth-order valence-corrected chi connectivity index (χ4v) is 2.34. The van der Waals surface area contributed by atoms with E-state index in [4.69, 9.17) is 4.74 Å². The number of ether oxygens (including phenoxy) is 1. The van der Waals surface area contributed by atoms with Crippen molar-refractivity contribution >= 4 is 5.91 Å². The highest BCUT2D eigenvalue weighted by Gasteiger charge is 2.12. The largest absolute Gasteiger partial charge is 0.484 e. The average Bonchev–Trinajstić information content (AvgIpc) is 2.58. The van der Waals surface area contributed by atoms with Gasteiger partial charge in [-0.3, -0.25) is 4.79 Å². The molecule has 24 heavy (non-hydrogen) atoms. The van der Waals surface area contributed by atoms with Crippen molar-refractivity contribution in [1.82, 2.24) is 5.32 Å². The number of carbonyl (C=O) groups excluding carboxylic acids is 1. The standard InChI is InChI=1S/C21H27NO2/c1-5-16-8-12-19(13-9-16)24-15-20(23)22-14-17-6-10-18(11-7-17)21(2,3)4/h6-13H,5,14-15H2,1-4H3,(H,22,23). The Labute approximate surface area is 145 Å². The Kier molecular flexibility index (Phi) is 6.02. The highest BCUT2D eigenvalue weighted by atomic mass is 16.5. The lowest BCUT2D eigenvalue weighted by molar-refractivity contribution is -0.123. The number of hydrogen-bond acceptors (Lipinski definition) is 2. The lowest BCUT2D eigenvalue weighted by atomic mass is 9.87. The van der Waals surface area contributed by atoms with Crippen LogP contribution in [-0.4, -0.2) is 12.5 Å². The molecule has 0 bridgehead atoms. The normalized spacial score (nSPS) is 11.2. The van der Waals surface area contributed by atoms with Crippen LogP contribution in [0.2, 0.25) is 0 Å². The minimum absolute atomic E-state index is 0.0333. The van der Waals surface area contributed by atoms with Gasteiger partial charge in [-0.1, -0.05) is 64.1 Å². The van der Waals surface area contributed by atoms with Gasteiger partial charge in [0.2, 0.25) is 0 Å². The summed E-state index contributed by atoms with van der Waals surface area (Å²) >= 11 is 0. The maximum absolute atomic E-state index is 11.9. The topological polar surface area (TPSA) is 38.3 Å². The molecule has 2 aromatic carbocycles. The second-order valence-corrected chi connectivity index (χ2v) is 7.01. The molecule has 1 N–H and O–H groups in total. The van der Waals surface area contributed by atoms with E-state index < -0.39 is 0 Å². The summed E-state index contributed by atoms with van der Waals surface area (Å²) in [5, 5.41) is 2.89. The Morgan fingerprint density at radius 2 is 1.54 bits per heavy atom. The zero-order valence-corrected chi connectivity index (χ0v) is 15.1. The number of carbonyl (C=O) groups is 1. The van der Waals surface area contributed by atoms with Gasteiger partial charge in [0.05, 0.1) is 0 Å². The molecular weight excluding hydrogens is 298 g/mol. The van der Waals surface area contributed by atoms with Crippen LogP contribution in [0.15, 0.2) is 48.5 Å². The molecule has 0 fully saturated rings. The molecule has 128 valence electrons. The van der Waals surface area contributed by atoms with Crippen LogP contribution in [0.25, 0.3) is 0 Å². The molecule has 3 nitrogen and oxygen atoms in total.